The molecule has 1 amide bonds. The molecule has 2 rings (SSSR count). The van der Waals surface area contributed by atoms with Gasteiger partial charge in [0, 0.05) is 24.7 Å². The average Bonchev–Trinajstić information content (AvgIpc) is 2.87. The number of carbonyl (C=O) groups is 2. The molecule has 2 atom stereocenters. The lowest BCUT2D eigenvalue weighted by Gasteiger charge is -2.25. The molecule has 1 aromatic rings. The highest BCUT2D eigenvalue weighted by atomic mass is 16.5. The Morgan fingerprint density at radius 2 is 1.96 bits per heavy atom. The summed E-state index contributed by atoms with van der Waals surface area (Å²) in [5, 5.41) is 8.95. The van der Waals surface area contributed by atoms with Gasteiger partial charge < -0.3 is 14.7 Å². The number of amides is 1. The van der Waals surface area contributed by atoms with Gasteiger partial charge in [0.05, 0.1) is 12.6 Å². The van der Waals surface area contributed by atoms with Crippen molar-refractivity contribution < 1.29 is 19.4 Å². The van der Waals surface area contributed by atoms with E-state index in [1.807, 2.05) is 48.0 Å². The molecule has 0 radical (unpaired) electrons. The van der Waals surface area contributed by atoms with Gasteiger partial charge in [-0.05, 0) is 63.9 Å². The predicted molar refractivity (Wildman–Crippen MR) is 101 cm³/mol. The summed E-state index contributed by atoms with van der Waals surface area (Å²) < 4.78 is 5.76. The van der Waals surface area contributed by atoms with E-state index in [-0.39, 0.29) is 24.6 Å². The highest BCUT2D eigenvalue weighted by Crippen LogP contribution is 2.20. The molecule has 1 fully saturated rings. The monoisotopic (exact) mass is 362 g/mol. The van der Waals surface area contributed by atoms with E-state index in [4.69, 9.17) is 9.84 Å². The van der Waals surface area contributed by atoms with Crippen LogP contribution in [0.1, 0.15) is 49.9 Å². The molecule has 0 bridgehead atoms. The number of benzene rings is 1. The fourth-order valence-electron chi connectivity index (χ4n) is 3.24. The highest BCUT2D eigenvalue weighted by molar-refractivity contribution is 5.94. The first-order valence-electron chi connectivity index (χ1n) is 9.38. The SMILES string of the molecule is CCC(C)Oc1ccc(C(=O)N2CCCC(N(C)CC(=O)O)CC2)cc1. The van der Waals surface area contributed by atoms with E-state index in [1.165, 1.54) is 0 Å². The minimum absolute atomic E-state index is 0.0293. The number of likely N-dealkylation sites (N-methyl/N-ethyl adjacent to an activating group) is 1. The Hall–Kier alpha value is -2.08. The molecule has 1 N–H and O–H groups in total. The Bertz CT molecular complexity index is 602. The van der Waals surface area contributed by atoms with Gasteiger partial charge in [0.25, 0.3) is 5.91 Å². The van der Waals surface area contributed by atoms with Crippen molar-refractivity contribution in [2.24, 2.45) is 0 Å². The van der Waals surface area contributed by atoms with Gasteiger partial charge in [0.2, 0.25) is 0 Å². The van der Waals surface area contributed by atoms with Crippen molar-refractivity contribution in [2.45, 2.75) is 51.7 Å². The second-order valence-corrected chi connectivity index (χ2v) is 7.05. The molecule has 1 aliphatic rings. The lowest BCUT2D eigenvalue weighted by Crippen LogP contribution is -2.37. The maximum absolute atomic E-state index is 12.8. The first kappa shape index (κ1) is 20.2. The fourth-order valence-corrected chi connectivity index (χ4v) is 3.24. The zero-order valence-electron chi connectivity index (χ0n) is 16.0. The van der Waals surface area contributed by atoms with Crippen LogP contribution in [0.4, 0.5) is 0 Å². The van der Waals surface area contributed by atoms with E-state index in [2.05, 4.69) is 6.92 Å². The molecule has 0 spiro atoms. The van der Waals surface area contributed by atoms with Gasteiger partial charge in [-0.3, -0.25) is 14.5 Å². The molecule has 26 heavy (non-hydrogen) atoms. The molecule has 1 heterocycles. The number of rotatable bonds is 7. The summed E-state index contributed by atoms with van der Waals surface area (Å²) in [6, 6.07) is 7.54. The Morgan fingerprint density at radius 3 is 2.58 bits per heavy atom. The molecule has 0 saturated carbocycles. The quantitative estimate of drug-likeness (QED) is 0.808. The number of carboxylic acid groups (broad SMARTS) is 1. The molecule has 144 valence electrons. The smallest absolute Gasteiger partial charge is 0.317 e. The topological polar surface area (TPSA) is 70.1 Å². The largest absolute Gasteiger partial charge is 0.491 e. The van der Waals surface area contributed by atoms with Gasteiger partial charge in [-0.1, -0.05) is 6.92 Å². The first-order chi connectivity index (χ1) is 12.4. The molecule has 1 aliphatic heterocycles. The molecule has 1 aromatic carbocycles. The Labute approximate surface area is 155 Å². The second-order valence-electron chi connectivity index (χ2n) is 7.05. The minimum atomic E-state index is -0.815. The van der Waals surface area contributed by atoms with Crippen LogP contribution in [0, 0.1) is 0 Å². The molecular formula is C20H30N2O4. The van der Waals surface area contributed by atoms with Gasteiger partial charge >= 0.3 is 5.97 Å². The van der Waals surface area contributed by atoms with Crippen LogP contribution in [0.2, 0.25) is 0 Å². The van der Waals surface area contributed by atoms with E-state index < -0.39 is 5.97 Å². The molecule has 0 aliphatic carbocycles. The third-order valence-corrected chi connectivity index (χ3v) is 5.01. The fraction of sp³-hybridized carbons (Fsp3) is 0.600. The average molecular weight is 362 g/mol. The minimum Gasteiger partial charge on any atom is -0.491 e. The summed E-state index contributed by atoms with van der Waals surface area (Å²) >= 11 is 0. The molecule has 6 nitrogen and oxygen atoms in total. The van der Waals surface area contributed by atoms with Crippen LogP contribution in [0.5, 0.6) is 5.75 Å². The number of nitrogens with zero attached hydrogens (tertiary/aromatic N) is 2. The third kappa shape index (κ3) is 5.73. The maximum Gasteiger partial charge on any atom is 0.317 e. The standard InChI is InChI=1S/C20H30N2O4/c1-4-15(2)26-18-9-7-16(8-10-18)20(25)22-12-5-6-17(11-13-22)21(3)14-19(23)24/h7-10,15,17H,4-6,11-14H2,1-3H3,(H,23,24). The Balaban J connectivity index is 1.94. The summed E-state index contributed by atoms with van der Waals surface area (Å²) in [4.78, 5) is 27.4. The van der Waals surface area contributed by atoms with Gasteiger partial charge in [0.15, 0.2) is 0 Å². The third-order valence-electron chi connectivity index (χ3n) is 5.01. The van der Waals surface area contributed by atoms with Crippen molar-refractivity contribution in [3.05, 3.63) is 29.8 Å². The number of ether oxygens (including phenoxy) is 1. The van der Waals surface area contributed by atoms with E-state index >= 15 is 0 Å². The normalized spacial score (nSPS) is 19.1. The van der Waals surface area contributed by atoms with Gasteiger partial charge in [0.1, 0.15) is 5.75 Å². The Kier molecular flexibility index (Phi) is 7.45. The summed E-state index contributed by atoms with van der Waals surface area (Å²) in [7, 11) is 1.84. The summed E-state index contributed by atoms with van der Waals surface area (Å²) in [5.41, 5.74) is 0.666. The number of carbonyl (C=O) groups excluding carboxylic acids is 1. The van der Waals surface area contributed by atoms with Crippen LogP contribution < -0.4 is 4.74 Å². The van der Waals surface area contributed by atoms with Gasteiger partial charge in [-0.15, -0.1) is 0 Å². The van der Waals surface area contributed by atoms with Gasteiger partial charge in [-0.25, -0.2) is 0 Å². The summed E-state index contributed by atoms with van der Waals surface area (Å²) in [6.45, 7) is 5.49. The molecule has 2 unspecified atom stereocenters. The van der Waals surface area contributed by atoms with E-state index in [0.717, 1.165) is 31.4 Å². The zero-order valence-corrected chi connectivity index (χ0v) is 16.0. The highest BCUT2D eigenvalue weighted by Gasteiger charge is 2.24. The number of carboxylic acids is 1. The van der Waals surface area contributed by atoms with Crippen molar-refractivity contribution in [3.63, 3.8) is 0 Å². The van der Waals surface area contributed by atoms with Crippen LogP contribution in [0.3, 0.4) is 0 Å². The van der Waals surface area contributed by atoms with Crippen LogP contribution >= 0.6 is 0 Å². The molecule has 0 aromatic heterocycles. The molecule has 1 saturated heterocycles. The number of likely N-dealkylation sites (tertiary alicyclic amines) is 1. The van der Waals surface area contributed by atoms with Crippen molar-refractivity contribution in [1.29, 1.82) is 0 Å². The van der Waals surface area contributed by atoms with Crippen molar-refractivity contribution >= 4 is 11.9 Å². The maximum atomic E-state index is 12.8. The van der Waals surface area contributed by atoms with E-state index in [9.17, 15) is 9.59 Å². The molecular weight excluding hydrogens is 332 g/mol. The van der Waals surface area contributed by atoms with Crippen molar-refractivity contribution in [3.8, 4) is 5.75 Å². The van der Waals surface area contributed by atoms with Gasteiger partial charge in [-0.2, -0.15) is 0 Å². The summed E-state index contributed by atoms with van der Waals surface area (Å²) in [6.07, 6.45) is 3.68. The first-order valence-corrected chi connectivity index (χ1v) is 9.38. The molecule has 6 heteroatoms. The lowest BCUT2D eigenvalue weighted by atomic mass is 10.1. The summed E-state index contributed by atoms with van der Waals surface area (Å²) in [5.74, 6) is -0.00636. The second kappa shape index (κ2) is 9.57. The lowest BCUT2D eigenvalue weighted by molar-refractivity contribution is -0.138. The van der Waals surface area contributed by atoms with Crippen LogP contribution in [-0.2, 0) is 4.79 Å². The number of aliphatic carboxylic acids is 1. The van der Waals surface area contributed by atoms with Crippen LogP contribution in [0.25, 0.3) is 0 Å². The number of hydrogen-bond donors (Lipinski definition) is 1. The van der Waals surface area contributed by atoms with E-state index in [0.29, 0.717) is 18.7 Å². The Morgan fingerprint density at radius 1 is 1.27 bits per heavy atom. The van der Waals surface area contributed by atoms with Crippen molar-refractivity contribution in [1.82, 2.24) is 9.80 Å². The predicted octanol–water partition coefficient (Wildman–Crippen LogP) is 2.88. The van der Waals surface area contributed by atoms with Crippen LogP contribution in [0.15, 0.2) is 24.3 Å². The van der Waals surface area contributed by atoms with Crippen LogP contribution in [-0.4, -0.2) is 65.6 Å². The zero-order chi connectivity index (χ0) is 19.1. The number of hydrogen-bond acceptors (Lipinski definition) is 4. The van der Waals surface area contributed by atoms with E-state index in [1.54, 1.807) is 0 Å². The van der Waals surface area contributed by atoms with Crippen molar-refractivity contribution in [2.75, 3.05) is 26.7 Å².